The molecule has 0 aliphatic carbocycles. The quantitative estimate of drug-likeness (QED) is 0.769. The van der Waals surface area contributed by atoms with E-state index in [1.165, 1.54) is 6.26 Å². The van der Waals surface area contributed by atoms with Gasteiger partial charge in [-0.2, -0.15) is 0 Å². The molecule has 0 fully saturated rings. The van der Waals surface area contributed by atoms with Crippen LogP contribution in [0.25, 0.3) is 11.5 Å². The number of furan rings is 1. The zero-order valence-electron chi connectivity index (χ0n) is 11.1. The van der Waals surface area contributed by atoms with Gasteiger partial charge in [0.05, 0.1) is 6.26 Å². The summed E-state index contributed by atoms with van der Waals surface area (Å²) in [5.74, 6) is 0.601. The van der Waals surface area contributed by atoms with Crippen LogP contribution in [0.1, 0.15) is 16.1 Å². The molecule has 1 aromatic carbocycles. The van der Waals surface area contributed by atoms with Gasteiger partial charge in [0, 0.05) is 16.2 Å². The van der Waals surface area contributed by atoms with Crippen LogP contribution in [0.2, 0.25) is 0 Å². The molecule has 0 aliphatic rings. The molecule has 0 unspecified atom stereocenters. The zero-order valence-corrected chi connectivity index (χ0v) is 12.7. The molecular weight excluding hydrogens is 336 g/mol. The molecule has 0 atom stereocenters. The molecule has 106 valence electrons. The van der Waals surface area contributed by atoms with Crippen LogP contribution in [0.5, 0.6) is 0 Å². The average molecular weight is 347 g/mol. The van der Waals surface area contributed by atoms with Crippen molar-refractivity contribution in [1.82, 2.24) is 5.16 Å². The zero-order chi connectivity index (χ0) is 14.8. The molecule has 3 rings (SSSR count). The predicted octanol–water partition coefficient (Wildman–Crippen LogP) is 4.26. The molecule has 0 radical (unpaired) electrons. The fourth-order valence-electron chi connectivity index (χ4n) is 1.92. The number of benzene rings is 1. The van der Waals surface area contributed by atoms with Gasteiger partial charge >= 0.3 is 0 Å². The van der Waals surface area contributed by atoms with Crippen LogP contribution in [0, 0.1) is 6.92 Å². The van der Waals surface area contributed by atoms with Gasteiger partial charge in [-0.25, -0.2) is 0 Å². The molecule has 21 heavy (non-hydrogen) atoms. The number of aryl methyl sites for hydroxylation is 1. The van der Waals surface area contributed by atoms with Gasteiger partial charge in [-0.15, -0.1) is 0 Å². The van der Waals surface area contributed by atoms with Gasteiger partial charge in [0.2, 0.25) is 5.76 Å². The molecule has 5 nitrogen and oxygen atoms in total. The lowest BCUT2D eigenvalue weighted by molar-refractivity contribution is 0.101. The van der Waals surface area contributed by atoms with Crippen LogP contribution in [0.3, 0.4) is 0 Å². The molecule has 0 bridgehead atoms. The average Bonchev–Trinajstić information content (AvgIpc) is 3.09. The van der Waals surface area contributed by atoms with Crippen molar-refractivity contribution < 1.29 is 13.7 Å². The van der Waals surface area contributed by atoms with Crippen molar-refractivity contribution in [2.45, 2.75) is 6.92 Å². The molecule has 0 spiro atoms. The predicted molar refractivity (Wildman–Crippen MR) is 81.0 cm³/mol. The monoisotopic (exact) mass is 346 g/mol. The fraction of sp³-hybridized carbons (Fsp3) is 0.0667. The van der Waals surface area contributed by atoms with E-state index in [1.807, 2.05) is 25.1 Å². The lowest BCUT2D eigenvalue weighted by Gasteiger charge is -2.04. The Morgan fingerprint density at radius 2 is 2.10 bits per heavy atom. The molecule has 0 saturated heterocycles. The first kappa shape index (κ1) is 13.6. The highest BCUT2D eigenvalue weighted by atomic mass is 79.9. The topological polar surface area (TPSA) is 68.3 Å². The van der Waals surface area contributed by atoms with Crippen molar-refractivity contribution >= 4 is 27.5 Å². The highest BCUT2D eigenvalue weighted by molar-refractivity contribution is 9.10. The summed E-state index contributed by atoms with van der Waals surface area (Å²) >= 11 is 3.39. The molecule has 0 aliphatic heterocycles. The molecule has 0 saturated carbocycles. The Morgan fingerprint density at radius 3 is 2.81 bits per heavy atom. The number of nitrogens with one attached hydrogen (secondary N) is 1. The van der Waals surface area contributed by atoms with Gasteiger partial charge in [-0.3, -0.25) is 4.79 Å². The number of anilines is 1. The molecule has 6 heteroatoms. The fourth-order valence-corrected chi connectivity index (χ4v) is 2.53. The summed E-state index contributed by atoms with van der Waals surface area (Å²) in [7, 11) is 0. The van der Waals surface area contributed by atoms with Crippen LogP contribution in [0.15, 0.2) is 56.1 Å². The van der Waals surface area contributed by atoms with E-state index in [0.29, 0.717) is 17.2 Å². The summed E-state index contributed by atoms with van der Waals surface area (Å²) in [6.45, 7) is 1.95. The molecular formula is C15H11BrN2O3. The summed E-state index contributed by atoms with van der Waals surface area (Å²) in [4.78, 5) is 12.1. The number of carbonyl (C=O) groups is 1. The standard InChI is InChI=1S/C15H11BrN2O3/c1-9-5-10(16)7-11(6-9)17-15(19)12-8-14(21-18-12)13-3-2-4-20-13/h2-8H,1H3,(H,17,19). The van der Waals surface area contributed by atoms with Crippen LogP contribution >= 0.6 is 15.9 Å². The Kier molecular flexibility index (Phi) is 3.62. The minimum Gasteiger partial charge on any atom is -0.461 e. The van der Waals surface area contributed by atoms with Crippen molar-refractivity contribution in [2.75, 3.05) is 5.32 Å². The number of carbonyl (C=O) groups excluding carboxylic acids is 1. The number of amides is 1. The largest absolute Gasteiger partial charge is 0.461 e. The van der Waals surface area contributed by atoms with Gasteiger partial charge in [-0.1, -0.05) is 21.1 Å². The summed E-state index contributed by atoms with van der Waals surface area (Å²) in [5, 5.41) is 6.53. The van der Waals surface area contributed by atoms with Gasteiger partial charge in [0.15, 0.2) is 11.5 Å². The Morgan fingerprint density at radius 1 is 1.24 bits per heavy atom. The Balaban J connectivity index is 1.79. The second-order valence-electron chi connectivity index (χ2n) is 4.53. The van der Waals surface area contributed by atoms with Gasteiger partial charge in [0.25, 0.3) is 5.91 Å². The molecule has 1 amide bonds. The normalized spacial score (nSPS) is 10.6. The first-order chi connectivity index (χ1) is 10.1. The third-order valence-electron chi connectivity index (χ3n) is 2.81. The van der Waals surface area contributed by atoms with E-state index in [1.54, 1.807) is 18.2 Å². The van der Waals surface area contributed by atoms with Crippen LogP contribution in [-0.4, -0.2) is 11.1 Å². The van der Waals surface area contributed by atoms with Crippen molar-refractivity contribution in [2.24, 2.45) is 0 Å². The molecule has 1 N–H and O–H groups in total. The van der Waals surface area contributed by atoms with E-state index in [4.69, 9.17) is 8.94 Å². The van der Waals surface area contributed by atoms with Crippen LogP contribution < -0.4 is 5.32 Å². The van der Waals surface area contributed by atoms with E-state index in [2.05, 4.69) is 26.4 Å². The van der Waals surface area contributed by atoms with Crippen molar-refractivity contribution in [3.8, 4) is 11.5 Å². The van der Waals surface area contributed by atoms with E-state index >= 15 is 0 Å². The highest BCUT2D eigenvalue weighted by Gasteiger charge is 2.15. The second kappa shape index (κ2) is 5.57. The van der Waals surface area contributed by atoms with Gasteiger partial charge in [0.1, 0.15) is 0 Å². The second-order valence-corrected chi connectivity index (χ2v) is 5.44. The first-order valence-electron chi connectivity index (χ1n) is 6.21. The highest BCUT2D eigenvalue weighted by Crippen LogP contribution is 2.22. The van der Waals surface area contributed by atoms with E-state index < -0.39 is 0 Å². The maximum absolute atomic E-state index is 12.1. The van der Waals surface area contributed by atoms with Crippen molar-refractivity contribution in [3.63, 3.8) is 0 Å². The number of hydrogen-bond acceptors (Lipinski definition) is 4. The number of halogens is 1. The SMILES string of the molecule is Cc1cc(Br)cc(NC(=O)c2cc(-c3ccco3)on2)c1. The summed E-state index contributed by atoms with van der Waals surface area (Å²) in [5.41, 5.74) is 1.92. The Bertz CT molecular complexity index is 758. The molecule has 3 aromatic rings. The van der Waals surface area contributed by atoms with E-state index in [0.717, 1.165) is 10.0 Å². The Hall–Kier alpha value is -2.34. The van der Waals surface area contributed by atoms with Crippen LogP contribution in [-0.2, 0) is 0 Å². The molecule has 2 heterocycles. The smallest absolute Gasteiger partial charge is 0.277 e. The lowest BCUT2D eigenvalue weighted by Crippen LogP contribution is -2.12. The van der Waals surface area contributed by atoms with Crippen LogP contribution in [0.4, 0.5) is 5.69 Å². The molecule has 2 aromatic heterocycles. The van der Waals surface area contributed by atoms with Gasteiger partial charge in [-0.05, 0) is 42.8 Å². The third kappa shape index (κ3) is 3.05. The maximum atomic E-state index is 12.1. The Labute approximate surface area is 129 Å². The lowest BCUT2D eigenvalue weighted by atomic mass is 10.2. The van der Waals surface area contributed by atoms with E-state index in [9.17, 15) is 4.79 Å². The maximum Gasteiger partial charge on any atom is 0.277 e. The van der Waals surface area contributed by atoms with Crippen molar-refractivity contribution in [1.29, 1.82) is 0 Å². The van der Waals surface area contributed by atoms with E-state index in [-0.39, 0.29) is 11.6 Å². The summed E-state index contributed by atoms with van der Waals surface area (Å²) in [6, 6.07) is 10.7. The number of hydrogen-bond donors (Lipinski definition) is 1. The minimum absolute atomic E-state index is 0.194. The van der Waals surface area contributed by atoms with Gasteiger partial charge < -0.3 is 14.3 Å². The van der Waals surface area contributed by atoms with Crippen molar-refractivity contribution in [3.05, 3.63) is 58.4 Å². The third-order valence-corrected chi connectivity index (χ3v) is 3.26. The number of aromatic nitrogens is 1. The number of rotatable bonds is 3. The first-order valence-corrected chi connectivity index (χ1v) is 7.00. The minimum atomic E-state index is -0.339. The summed E-state index contributed by atoms with van der Waals surface area (Å²) in [6.07, 6.45) is 1.53. The number of nitrogens with zero attached hydrogens (tertiary/aromatic N) is 1. The summed E-state index contributed by atoms with van der Waals surface area (Å²) < 4.78 is 11.2.